The molecule has 0 amide bonds. The average Bonchev–Trinajstić information content (AvgIpc) is 3.16. The number of carbonyl (C=O) groups is 1. The van der Waals surface area contributed by atoms with Crippen molar-refractivity contribution in [1.29, 1.82) is 0 Å². The molecule has 4 aromatic rings. The first-order chi connectivity index (χ1) is 14.3. The SMILES string of the molecule is Cc1ccc2[nH]c(-c3ccc(-c4ccc(OCC(C)(C)C(=O)O)nc4)nc3)nc2n1. The number of aromatic nitrogens is 5. The molecule has 0 fully saturated rings. The summed E-state index contributed by atoms with van der Waals surface area (Å²) in [4.78, 5) is 32.1. The van der Waals surface area contributed by atoms with E-state index in [-0.39, 0.29) is 6.61 Å². The molecule has 8 nitrogen and oxygen atoms in total. The first-order valence-electron chi connectivity index (χ1n) is 9.44. The second-order valence-electron chi connectivity index (χ2n) is 7.70. The molecule has 0 atom stereocenters. The van der Waals surface area contributed by atoms with Crippen LogP contribution in [0.3, 0.4) is 0 Å². The lowest BCUT2D eigenvalue weighted by molar-refractivity contribution is -0.148. The van der Waals surface area contributed by atoms with Crippen LogP contribution in [-0.2, 0) is 4.79 Å². The molecule has 0 unspecified atom stereocenters. The van der Waals surface area contributed by atoms with Gasteiger partial charge in [0.15, 0.2) is 5.65 Å². The third kappa shape index (κ3) is 3.98. The van der Waals surface area contributed by atoms with E-state index in [4.69, 9.17) is 9.84 Å². The van der Waals surface area contributed by atoms with Crippen molar-refractivity contribution < 1.29 is 14.6 Å². The molecular weight excluding hydrogens is 382 g/mol. The Hall–Kier alpha value is -3.81. The van der Waals surface area contributed by atoms with Crippen molar-refractivity contribution in [2.45, 2.75) is 20.8 Å². The van der Waals surface area contributed by atoms with Gasteiger partial charge in [-0.05, 0) is 51.1 Å². The van der Waals surface area contributed by atoms with Crippen molar-refractivity contribution in [3.63, 3.8) is 0 Å². The average molecular weight is 403 g/mol. The Balaban J connectivity index is 1.49. The van der Waals surface area contributed by atoms with E-state index in [1.54, 1.807) is 32.3 Å². The Labute approximate surface area is 173 Å². The number of pyridine rings is 3. The van der Waals surface area contributed by atoms with Crippen molar-refractivity contribution in [3.8, 4) is 28.5 Å². The summed E-state index contributed by atoms with van der Waals surface area (Å²) in [6.45, 7) is 5.18. The van der Waals surface area contributed by atoms with Crippen LogP contribution in [0.2, 0.25) is 0 Å². The maximum absolute atomic E-state index is 11.2. The number of nitrogens with zero attached hydrogens (tertiary/aromatic N) is 4. The second kappa shape index (κ2) is 7.55. The molecule has 0 aliphatic rings. The number of hydrogen-bond acceptors (Lipinski definition) is 6. The van der Waals surface area contributed by atoms with Crippen molar-refractivity contribution in [1.82, 2.24) is 24.9 Å². The highest BCUT2D eigenvalue weighted by Gasteiger charge is 2.28. The molecule has 0 saturated heterocycles. The number of ether oxygens (including phenoxy) is 1. The number of aromatic amines is 1. The van der Waals surface area contributed by atoms with Gasteiger partial charge in [-0.25, -0.2) is 15.0 Å². The summed E-state index contributed by atoms with van der Waals surface area (Å²) in [5, 5.41) is 9.15. The molecule has 0 aliphatic heterocycles. The summed E-state index contributed by atoms with van der Waals surface area (Å²) < 4.78 is 5.51. The quantitative estimate of drug-likeness (QED) is 0.502. The molecular formula is C22H21N5O3. The Bertz CT molecular complexity index is 1200. The molecule has 0 saturated carbocycles. The van der Waals surface area contributed by atoms with Gasteiger partial charge in [-0.3, -0.25) is 9.78 Å². The summed E-state index contributed by atoms with van der Waals surface area (Å²) in [5.41, 5.74) is 3.94. The van der Waals surface area contributed by atoms with Gasteiger partial charge in [-0.1, -0.05) is 0 Å². The van der Waals surface area contributed by atoms with E-state index in [0.29, 0.717) is 17.4 Å². The molecule has 0 aliphatic carbocycles. The third-order valence-corrected chi connectivity index (χ3v) is 4.71. The Kier molecular flexibility index (Phi) is 4.91. The number of rotatable bonds is 6. The topological polar surface area (TPSA) is 114 Å². The minimum atomic E-state index is -0.984. The highest BCUT2D eigenvalue weighted by molar-refractivity contribution is 5.76. The highest BCUT2D eigenvalue weighted by Crippen LogP contribution is 2.24. The Morgan fingerprint density at radius 2 is 1.80 bits per heavy atom. The van der Waals surface area contributed by atoms with Gasteiger partial charge in [-0.2, -0.15) is 0 Å². The maximum atomic E-state index is 11.2. The van der Waals surface area contributed by atoms with Crippen LogP contribution in [0.25, 0.3) is 33.8 Å². The van der Waals surface area contributed by atoms with Gasteiger partial charge in [0.2, 0.25) is 5.88 Å². The number of hydrogen-bond donors (Lipinski definition) is 2. The summed E-state index contributed by atoms with van der Waals surface area (Å²) in [6.07, 6.45) is 3.40. The zero-order valence-electron chi connectivity index (χ0n) is 16.9. The van der Waals surface area contributed by atoms with Crippen LogP contribution in [0.15, 0.2) is 48.8 Å². The van der Waals surface area contributed by atoms with Gasteiger partial charge >= 0.3 is 5.97 Å². The summed E-state index contributed by atoms with van der Waals surface area (Å²) >= 11 is 0. The minimum Gasteiger partial charge on any atom is -0.481 e. The van der Waals surface area contributed by atoms with Crippen molar-refractivity contribution in [2.75, 3.05) is 6.61 Å². The van der Waals surface area contributed by atoms with E-state index in [2.05, 4.69) is 24.9 Å². The molecule has 2 N–H and O–H groups in total. The molecule has 152 valence electrons. The molecule has 0 bridgehead atoms. The molecule has 0 spiro atoms. The molecule has 0 radical (unpaired) electrons. The van der Waals surface area contributed by atoms with E-state index in [1.807, 2.05) is 37.3 Å². The van der Waals surface area contributed by atoms with Gasteiger partial charge < -0.3 is 14.8 Å². The minimum absolute atomic E-state index is 0.0352. The first-order valence-corrected chi connectivity index (χ1v) is 9.44. The number of imidazole rings is 1. The van der Waals surface area contributed by atoms with E-state index < -0.39 is 11.4 Å². The monoisotopic (exact) mass is 403 g/mol. The fraction of sp³-hybridized carbons (Fsp3) is 0.227. The highest BCUT2D eigenvalue weighted by atomic mass is 16.5. The van der Waals surface area contributed by atoms with E-state index in [1.165, 1.54) is 0 Å². The number of H-pyrrole nitrogens is 1. The summed E-state index contributed by atoms with van der Waals surface area (Å²) in [6, 6.07) is 11.3. The number of nitrogens with one attached hydrogen (secondary N) is 1. The predicted octanol–water partition coefficient (Wildman–Crippen LogP) is 3.88. The van der Waals surface area contributed by atoms with Crippen LogP contribution in [0, 0.1) is 12.3 Å². The van der Waals surface area contributed by atoms with E-state index in [9.17, 15) is 4.79 Å². The fourth-order valence-corrected chi connectivity index (χ4v) is 2.76. The lowest BCUT2D eigenvalue weighted by Crippen LogP contribution is -2.30. The van der Waals surface area contributed by atoms with Gasteiger partial charge in [0.05, 0.1) is 16.6 Å². The molecule has 4 heterocycles. The lowest BCUT2D eigenvalue weighted by atomic mass is 9.95. The van der Waals surface area contributed by atoms with Gasteiger partial charge in [-0.15, -0.1) is 0 Å². The lowest BCUT2D eigenvalue weighted by Gasteiger charge is -2.18. The molecule has 0 aromatic carbocycles. The third-order valence-electron chi connectivity index (χ3n) is 4.71. The van der Waals surface area contributed by atoms with Crippen LogP contribution in [0.5, 0.6) is 5.88 Å². The zero-order valence-corrected chi connectivity index (χ0v) is 16.9. The van der Waals surface area contributed by atoms with Gasteiger partial charge in [0.1, 0.15) is 12.4 Å². The van der Waals surface area contributed by atoms with E-state index in [0.717, 1.165) is 28.0 Å². The predicted molar refractivity (Wildman–Crippen MR) is 112 cm³/mol. The normalized spacial score (nSPS) is 11.6. The van der Waals surface area contributed by atoms with Gasteiger partial charge in [0, 0.05) is 35.3 Å². The number of aryl methyl sites for hydroxylation is 1. The smallest absolute Gasteiger partial charge is 0.312 e. The molecule has 4 aromatic heterocycles. The van der Waals surface area contributed by atoms with Crippen molar-refractivity contribution >= 4 is 17.1 Å². The van der Waals surface area contributed by atoms with Crippen LogP contribution in [-0.4, -0.2) is 42.6 Å². The van der Waals surface area contributed by atoms with Gasteiger partial charge in [0.25, 0.3) is 0 Å². The first kappa shape index (κ1) is 19.5. The van der Waals surface area contributed by atoms with Crippen molar-refractivity contribution in [3.05, 3.63) is 54.5 Å². The van der Waals surface area contributed by atoms with Crippen LogP contribution in [0.1, 0.15) is 19.5 Å². The fourth-order valence-electron chi connectivity index (χ4n) is 2.76. The number of carboxylic acid groups (broad SMARTS) is 1. The molecule has 30 heavy (non-hydrogen) atoms. The Morgan fingerprint density at radius 1 is 1.03 bits per heavy atom. The van der Waals surface area contributed by atoms with Crippen molar-refractivity contribution in [2.24, 2.45) is 5.41 Å². The number of fused-ring (bicyclic) bond motifs is 1. The molecule has 4 rings (SSSR count). The van der Waals surface area contributed by atoms with Crippen LogP contribution < -0.4 is 4.74 Å². The van der Waals surface area contributed by atoms with Crippen LogP contribution in [0.4, 0.5) is 0 Å². The molecule has 8 heteroatoms. The van der Waals surface area contributed by atoms with E-state index >= 15 is 0 Å². The largest absolute Gasteiger partial charge is 0.481 e. The summed E-state index contributed by atoms with van der Waals surface area (Å²) in [7, 11) is 0. The van der Waals surface area contributed by atoms with Crippen LogP contribution >= 0.6 is 0 Å². The maximum Gasteiger partial charge on any atom is 0.312 e. The zero-order chi connectivity index (χ0) is 21.3. The summed E-state index contributed by atoms with van der Waals surface area (Å²) in [5.74, 6) is 0.165. The number of carboxylic acids is 1. The Morgan fingerprint density at radius 3 is 2.47 bits per heavy atom. The standard InChI is InChI=1S/C22H21N5O3/c1-13-4-7-17-20(25-13)27-19(26-17)15-5-8-16(23-11-15)14-6-9-18(24-10-14)30-12-22(2,3)21(28)29/h4-11H,12H2,1-3H3,(H,28,29)(H,25,26,27). The number of aliphatic carboxylic acids is 1. The second-order valence-corrected chi connectivity index (χ2v) is 7.70.